The number of rotatable bonds is 1. The van der Waals surface area contributed by atoms with E-state index in [2.05, 4.69) is 21.1 Å². The Bertz CT molecular complexity index is 304. The quantitative estimate of drug-likeness (QED) is 0.345. The van der Waals surface area contributed by atoms with E-state index in [4.69, 9.17) is 5.21 Å². The van der Waals surface area contributed by atoms with Crippen LogP contribution in [-0.4, -0.2) is 11.4 Å². The summed E-state index contributed by atoms with van der Waals surface area (Å²) in [5.74, 6) is -1.46. The molecule has 0 bridgehead atoms. The molecule has 64 valence electrons. The lowest BCUT2D eigenvalue weighted by molar-refractivity contribution is 0.322. The van der Waals surface area contributed by atoms with Crippen molar-refractivity contribution >= 4 is 22.1 Å². The second kappa shape index (κ2) is 3.62. The van der Waals surface area contributed by atoms with Crippen LogP contribution in [0.25, 0.3) is 0 Å². The van der Waals surface area contributed by atoms with Crippen LogP contribution in [0.1, 0.15) is 5.56 Å². The van der Waals surface area contributed by atoms with Gasteiger partial charge in [-0.15, -0.1) is 0 Å². The highest BCUT2D eigenvalue weighted by atomic mass is 79.9. The molecule has 1 aromatic carbocycles. The molecule has 0 aliphatic carbocycles. The van der Waals surface area contributed by atoms with Crippen molar-refractivity contribution in [1.29, 1.82) is 0 Å². The van der Waals surface area contributed by atoms with Crippen molar-refractivity contribution in [3.63, 3.8) is 0 Å². The molecule has 12 heavy (non-hydrogen) atoms. The first kappa shape index (κ1) is 9.12. The smallest absolute Gasteiger partial charge is 0.141 e. The van der Waals surface area contributed by atoms with Gasteiger partial charge in [0, 0.05) is 5.56 Å². The van der Waals surface area contributed by atoms with E-state index in [0.717, 1.165) is 18.3 Å². The van der Waals surface area contributed by atoms with Crippen LogP contribution in [0, 0.1) is 11.6 Å². The van der Waals surface area contributed by atoms with Gasteiger partial charge in [0.25, 0.3) is 0 Å². The Kier molecular flexibility index (Phi) is 2.75. The van der Waals surface area contributed by atoms with Crippen molar-refractivity contribution in [3.05, 3.63) is 33.8 Å². The topological polar surface area (TPSA) is 32.6 Å². The lowest BCUT2D eigenvalue weighted by atomic mass is 10.2. The maximum absolute atomic E-state index is 12.7. The van der Waals surface area contributed by atoms with Gasteiger partial charge in [-0.05, 0) is 28.1 Å². The Morgan fingerprint density at radius 1 is 1.33 bits per heavy atom. The highest BCUT2D eigenvalue weighted by molar-refractivity contribution is 9.10. The molecule has 0 heterocycles. The Balaban J connectivity index is 3.21. The summed E-state index contributed by atoms with van der Waals surface area (Å²) in [6.07, 6.45) is 0.943. The molecule has 0 saturated heterocycles. The molecule has 1 N–H and O–H groups in total. The SMILES string of the molecule is ON=Cc1cc(F)c(Br)c(F)c1. The first-order valence-corrected chi connectivity index (χ1v) is 3.76. The van der Waals surface area contributed by atoms with Crippen LogP contribution < -0.4 is 0 Å². The summed E-state index contributed by atoms with van der Waals surface area (Å²) in [5.41, 5.74) is 0.163. The molecule has 0 amide bonds. The summed E-state index contributed by atoms with van der Waals surface area (Å²) in [5, 5.41) is 10.7. The maximum Gasteiger partial charge on any atom is 0.141 e. The highest BCUT2D eigenvalue weighted by Gasteiger charge is 2.06. The van der Waals surface area contributed by atoms with Crippen LogP contribution in [0.15, 0.2) is 21.8 Å². The third kappa shape index (κ3) is 1.79. The van der Waals surface area contributed by atoms with Crippen molar-refractivity contribution in [2.24, 2.45) is 5.16 Å². The number of halogens is 3. The molecule has 1 aromatic rings. The van der Waals surface area contributed by atoms with Gasteiger partial charge in [-0.25, -0.2) is 8.78 Å². The summed E-state index contributed by atoms with van der Waals surface area (Å²) in [7, 11) is 0. The van der Waals surface area contributed by atoms with Crippen molar-refractivity contribution in [2.75, 3.05) is 0 Å². The minimum atomic E-state index is -0.732. The van der Waals surface area contributed by atoms with E-state index < -0.39 is 11.6 Å². The van der Waals surface area contributed by atoms with Gasteiger partial charge in [-0.3, -0.25) is 0 Å². The van der Waals surface area contributed by atoms with E-state index >= 15 is 0 Å². The molecular formula is C7H4BrF2NO. The summed E-state index contributed by atoms with van der Waals surface area (Å²) >= 11 is 2.71. The monoisotopic (exact) mass is 235 g/mol. The van der Waals surface area contributed by atoms with Crippen molar-refractivity contribution < 1.29 is 14.0 Å². The van der Waals surface area contributed by atoms with E-state index in [-0.39, 0.29) is 10.0 Å². The van der Waals surface area contributed by atoms with Gasteiger partial charge in [-0.2, -0.15) is 0 Å². The Hall–Kier alpha value is -0.970. The van der Waals surface area contributed by atoms with E-state index in [1.807, 2.05) is 0 Å². The fourth-order valence-electron chi connectivity index (χ4n) is 0.716. The third-order valence-electron chi connectivity index (χ3n) is 1.21. The predicted molar refractivity (Wildman–Crippen MR) is 43.4 cm³/mol. The fourth-order valence-corrected chi connectivity index (χ4v) is 0.945. The zero-order valence-electron chi connectivity index (χ0n) is 5.76. The van der Waals surface area contributed by atoms with Crippen molar-refractivity contribution in [2.45, 2.75) is 0 Å². The molecule has 0 unspecified atom stereocenters. The molecule has 1 rings (SSSR count). The molecule has 0 atom stereocenters. The Morgan fingerprint density at radius 3 is 2.25 bits per heavy atom. The van der Waals surface area contributed by atoms with Gasteiger partial charge in [-0.1, -0.05) is 5.16 Å². The van der Waals surface area contributed by atoms with Crippen molar-refractivity contribution in [1.82, 2.24) is 0 Å². The first-order chi connectivity index (χ1) is 5.65. The molecule has 0 aromatic heterocycles. The number of nitrogens with zero attached hydrogens (tertiary/aromatic N) is 1. The van der Waals surface area contributed by atoms with Gasteiger partial charge < -0.3 is 5.21 Å². The van der Waals surface area contributed by atoms with E-state index in [1.54, 1.807) is 0 Å². The van der Waals surface area contributed by atoms with E-state index in [1.165, 1.54) is 0 Å². The largest absolute Gasteiger partial charge is 0.411 e. The molecule has 0 radical (unpaired) electrons. The molecule has 5 heteroatoms. The summed E-state index contributed by atoms with van der Waals surface area (Å²) in [4.78, 5) is 0. The molecule has 0 spiro atoms. The summed E-state index contributed by atoms with van der Waals surface area (Å²) < 4.78 is 25.2. The van der Waals surface area contributed by atoms with Gasteiger partial charge in [0.05, 0.1) is 10.7 Å². The second-order valence-electron chi connectivity index (χ2n) is 2.04. The Labute approximate surface area is 75.6 Å². The zero-order chi connectivity index (χ0) is 9.14. The highest BCUT2D eigenvalue weighted by Crippen LogP contribution is 2.20. The second-order valence-corrected chi connectivity index (χ2v) is 2.84. The minimum Gasteiger partial charge on any atom is -0.411 e. The Morgan fingerprint density at radius 2 is 1.83 bits per heavy atom. The van der Waals surface area contributed by atoms with Crippen LogP contribution in [0.3, 0.4) is 0 Å². The average Bonchev–Trinajstić information content (AvgIpc) is 2.01. The third-order valence-corrected chi connectivity index (χ3v) is 1.97. The molecule has 2 nitrogen and oxygen atoms in total. The molecule has 0 saturated carbocycles. The van der Waals surface area contributed by atoms with E-state index in [0.29, 0.717) is 0 Å². The standard InChI is InChI=1S/C7H4BrF2NO/c8-7-5(9)1-4(3-11-12)2-6(7)10/h1-3,12H. The molecular weight excluding hydrogens is 232 g/mol. The van der Waals surface area contributed by atoms with E-state index in [9.17, 15) is 8.78 Å². The fraction of sp³-hybridized carbons (Fsp3) is 0. The van der Waals surface area contributed by atoms with Gasteiger partial charge in [0.1, 0.15) is 11.6 Å². The van der Waals surface area contributed by atoms with Crippen LogP contribution in [0.5, 0.6) is 0 Å². The number of oxime groups is 1. The van der Waals surface area contributed by atoms with Gasteiger partial charge in [0.2, 0.25) is 0 Å². The molecule has 0 aliphatic rings. The van der Waals surface area contributed by atoms with Gasteiger partial charge >= 0.3 is 0 Å². The summed E-state index contributed by atoms with van der Waals surface area (Å²) in [6, 6.07) is 2.10. The van der Waals surface area contributed by atoms with Crippen LogP contribution in [-0.2, 0) is 0 Å². The zero-order valence-corrected chi connectivity index (χ0v) is 7.35. The first-order valence-electron chi connectivity index (χ1n) is 2.97. The molecule has 0 aliphatic heterocycles. The molecule has 0 fully saturated rings. The lowest BCUT2D eigenvalue weighted by Crippen LogP contribution is -1.89. The van der Waals surface area contributed by atoms with Crippen molar-refractivity contribution in [3.8, 4) is 0 Å². The lowest BCUT2D eigenvalue weighted by Gasteiger charge is -1.97. The number of hydrogen-bond acceptors (Lipinski definition) is 2. The number of hydrogen-bond donors (Lipinski definition) is 1. The minimum absolute atomic E-state index is 0.163. The van der Waals surface area contributed by atoms with Crippen LogP contribution in [0.4, 0.5) is 8.78 Å². The van der Waals surface area contributed by atoms with Crippen LogP contribution in [0.2, 0.25) is 0 Å². The van der Waals surface area contributed by atoms with Crippen LogP contribution >= 0.6 is 15.9 Å². The predicted octanol–water partition coefficient (Wildman–Crippen LogP) is 2.54. The number of benzene rings is 1. The summed E-state index contributed by atoms with van der Waals surface area (Å²) in [6.45, 7) is 0. The van der Waals surface area contributed by atoms with Gasteiger partial charge in [0.15, 0.2) is 0 Å². The maximum atomic E-state index is 12.7. The average molecular weight is 236 g/mol. The normalized spacial score (nSPS) is 10.9.